The van der Waals surface area contributed by atoms with Crippen LogP contribution in [0.25, 0.3) is 0 Å². The van der Waals surface area contributed by atoms with Gasteiger partial charge in [0.25, 0.3) is 0 Å². The molecule has 168 valence electrons. The van der Waals surface area contributed by atoms with Crippen LogP contribution in [0.2, 0.25) is 0 Å². The highest BCUT2D eigenvalue weighted by molar-refractivity contribution is 5.36. The first-order chi connectivity index (χ1) is 14.2. The summed E-state index contributed by atoms with van der Waals surface area (Å²) in [6.45, 7) is 14.7. The normalized spacial score (nSPS) is 42.9. The van der Waals surface area contributed by atoms with Crippen LogP contribution in [0, 0.1) is 46.3 Å². The molecule has 0 radical (unpaired) electrons. The van der Waals surface area contributed by atoms with Crippen LogP contribution in [0.5, 0.6) is 0 Å². The Labute approximate surface area is 186 Å². The SMILES string of the molecule is CC[C@H](/C=C/[C@@H](C)[C@H]1CC[C@H]2C3=CCC4=C[C@@H](O)CC[C@]4(C)[C@H]3CC[C@]12C)C(C)C. The van der Waals surface area contributed by atoms with Crippen LogP contribution in [0.15, 0.2) is 35.5 Å². The number of aliphatic hydroxyl groups excluding tert-OH is 1. The fraction of sp³-hybridized carbons (Fsp3) is 0.793. The van der Waals surface area contributed by atoms with Crippen molar-refractivity contribution in [1.29, 1.82) is 0 Å². The van der Waals surface area contributed by atoms with Gasteiger partial charge in [-0.1, -0.05) is 77.0 Å². The summed E-state index contributed by atoms with van der Waals surface area (Å²) in [6.07, 6.45) is 19.7. The summed E-state index contributed by atoms with van der Waals surface area (Å²) in [7, 11) is 0. The van der Waals surface area contributed by atoms with Gasteiger partial charge in [-0.25, -0.2) is 0 Å². The fourth-order valence-corrected chi connectivity index (χ4v) is 8.19. The predicted octanol–water partition coefficient (Wildman–Crippen LogP) is 7.72. The Morgan fingerprint density at radius 2 is 1.80 bits per heavy atom. The van der Waals surface area contributed by atoms with Gasteiger partial charge in [-0.3, -0.25) is 0 Å². The molecule has 1 heteroatoms. The minimum Gasteiger partial charge on any atom is -0.389 e. The van der Waals surface area contributed by atoms with Crippen LogP contribution in [-0.4, -0.2) is 11.2 Å². The molecule has 0 heterocycles. The second-order valence-corrected chi connectivity index (χ2v) is 12.0. The zero-order valence-corrected chi connectivity index (χ0v) is 20.5. The van der Waals surface area contributed by atoms with E-state index in [9.17, 15) is 5.11 Å². The summed E-state index contributed by atoms with van der Waals surface area (Å²) in [4.78, 5) is 0. The lowest BCUT2D eigenvalue weighted by Crippen LogP contribution is -2.46. The van der Waals surface area contributed by atoms with Gasteiger partial charge in [-0.2, -0.15) is 0 Å². The fourth-order valence-electron chi connectivity index (χ4n) is 8.19. The highest BCUT2D eigenvalue weighted by atomic mass is 16.3. The molecule has 0 saturated heterocycles. The zero-order chi connectivity index (χ0) is 21.7. The molecule has 2 fully saturated rings. The molecule has 0 aliphatic heterocycles. The lowest BCUT2D eigenvalue weighted by Gasteiger charge is -2.55. The second kappa shape index (κ2) is 8.27. The number of allylic oxidation sites excluding steroid dienone is 5. The van der Waals surface area contributed by atoms with Gasteiger partial charge in [0, 0.05) is 0 Å². The minimum atomic E-state index is -0.210. The largest absolute Gasteiger partial charge is 0.389 e. The van der Waals surface area contributed by atoms with E-state index in [0.717, 1.165) is 42.4 Å². The molecule has 4 aliphatic rings. The van der Waals surface area contributed by atoms with E-state index >= 15 is 0 Å². The predicted molar refractivity (Wildman–Crippen MR) is 128 cm³/mol. The third-order valence-corrected chi connectivity index (χ3v) is 10.2. The van der Waals surface area contributed by atoms with Gasteiger partial charge in [-0.15, -0.1) is 0 Å². The van der Waals surface area contributed by atoms with Crippen molar-refractivity contribution in [2.75, 3.05) is 0 Å². The van der Waals surface area contributed by atoms with Crippen LogP contribution >= 0.6 is 0 Å². The second-order valence-electron chi connectivity index (χ2n) is 12.0. The first-order valence-corrected chi connectivity index (χ1v) is 13.0. The Hall–Kier alpha value is -0.820. The summed E-state index contributed by atoms with van der Waals surface area (Å²) in [5.41, 5.74) is 4.12. The lowest BCUT2D eigenvalue weighted by molar-refractivity contribution is 0.0498. The zero-order valence-electron chi connectivity index (χ0n) is 20.5. The number of fused-ring (bicyclic) bond motifs is 5. The highest BCUT2D eigenvalue weighted by Gasteiger charge is 2.56. The number of hydrogen-bond donors (Lipinski definition) is 1. The molecule has 4 aliphatic carbocycles. The summed E-state index contributed by atoms with van der Waals surface area (Å²) < 4.78 is 0. The van der Waals surface area contributed by atoms with Crippen LogP contribution in [-0.2, 0) is 0 Å². The lowest BCUT2D eigenvalue weighted by atomic mass is 9.50. The Morgan fingerprint density at radius 1 is 1.03 bits per heavy atom. The van der Waals surface area contributed by atoms with Gasteiger partial charge in [-0.05, 0) is 97.7 Å². The Morgan fingerprint density at radius 3 is 2.50 bits per heavy atom. The van der Waals surface area contributed by atoms with E-state index in [-0.39, 0.29) is 6.10 Å². The topological polar surface area (TPSA) is 20.2 Å². The van der Waals surface area contributed by atoms with Crippen molar-refractivity contribution in [3.8, 4) is 0 Å². The molecule has 0 amide bonds. The third-order valence-electron chi connectivity index (χ3n) is 10.2. The molecule has 0 spiro atoms. The van der Waals surface area contributed by atoms with Crippen LogP contribution in [0.4, 0.5) is 0 Å². The molecule has 1 N–H and O–H groups in total. The van der Waals surface area contributed by atoms with Gasteiger partial charge >= 0.3 is 0 Å². The van der Waals surface area contributed by atoms with E-state index in [4.69, 9.17) is 0 Å². The van der Waals surface area contributed by atoms with Crippen LogP contribution < -0.4 is 0 Å². The van der Waals surface area contributed by atoms with E-state index in [1.54, 1.807) is 0 Å². The maximum absolute atomic E-state index is 10.2. The van der Waals surface area contributed by atoms with Crippen molar-refractivity contribution in [3.63, 3.8) is 0 Å². The minimum absolute atomic E-state index is 0.210. The van der Waals surface area contributed by atoms with E-state index in [2.05, 4.69) is 65.8 Å². The van der Waals surface area contributed by atoms with Crippen LogP contribution in [0.1, 0.15) is 92.9 Å². The molecule has 1 nitrogen and oxygen atoms in total. The summed E-state index contributed by atoms with van der Waals surface area (Å²) in [6, 6.07) is 0. The van der Waals surface area contributed by atoms with Crippen molar-refractivity contribution in [2.45, 2.75) is 99.0 Å². The maximum atomic E-state index is 10.2. The maximum Gasteiger partial charge on any atom is 0.0724 e. The van der Waals surface area contributed by atoms with E-state index in [1.807, 2.05) is 5.57 Å². The van der Waals surface area contributed by atoms with Gasteiger partial charge in [0.15, 0.2) is 0 Å². The third kappa shape index (κ3) is 3.58. The number of aliphatic hydroxyl groups is 1. The molecule has 0 aromatic heterocycles. The molecular weight excluding hydrogens is 364 g/mol. The quantitative estimate of drug-likeness (QED) is 0.460. The van der Waals surface area contributed by atoms with Crippen molar-refractivity contribution < 1.29 is 5.11 Å². The number of rotatable bonds is 5. The van der Waals surface area contributed by atoms with E-state index < -0.39 is 0 Å². The van der Waals surface area contributed by atoms with Gasteiger partial charge in [0.05, 0.1) is 6.10 Å². The molecule has 0 bridgehead atoms. The molecule has 30 heavy (non-hydrogen) atoms. The Bertz CT molecular complexity index is 727. The molecule has 0 unspecified atom stereocenters. The Balaban J connectivity index is 1.55. The van der Waals surface area contributed by atoms with Gasteiger partial charge in [0.2, 0.25) is 0 Å². The Kier molecular flexibility index (Phi) is 6.17. The first kappa shape index (κ1) is 22.4. The molecule has 0 aromatic rings. The standard InChI is InChI=1S/C29H46O/c1-7-21(19(2)3)9-8-20(4)25-12-13-26-24-11-10-22-18-23(30)14-16-28(22,5)27(24)15-17-29(25,26)6/h8-9,11,18-21,23,25-27,30H,7,10,12-17H2,1-6H3/b9-8+/t20-,21-,23+,25-,26+,27+,28+,29-/m1/s1. The average Bonchev–Trinajstić information content (AvgIpc) is 3.06. The van der Waals surface area contributed by atoms with Gasteiger partial charge < -0.3 is 5.11 Å². The molecule has 4 rings (SSSR count). The summed E-state index contributed by atoms with van der Waals surface area (Å²) in [5.74, 6) is 4.48. The van der Waals surface area contributed by atoms with Crippen molar-refractivity contribution >= 4 is 0 Å². The summed E-state index contributed by atoms with van der Waals surface area (Å²) in [5, 5.41) is 10.2. The monoisotopic (exact) mass is 410 g/mol. The molecular formula is C29H46O. The first-order valence-electron chi connectivity index (χ1n) is 13.0. The van der Waals surface area contributed by atoms with Crippen molar-refractivity contribution in [1.82, 2.24) is 0 Å². The summed E-state index contributed by atoms with van der Waals surface area (Å²) >= 11 is 0. The van der Waals surface area contributed by atoms with E-state index in [1.165, 1.54) is 44.1 Å². The van der Waals surface area contributed by atoms with Crippen molar-refractivity contribution in [3.05, 3.63) is 35.5 Å². The van der Waals surface area contributed by atoms with Crippen molar-refractivity contribution in [2.24, 2.45) is 46.3 Å². The van der Waals surface area contributed by atoms with Crippen LogP contribution in [0.3, 0.4) is 0 Å². The molecule has 2 saturated carbocycles. The van der Waals surface area contributed by atoms with Gasteiger partial charge in [0.1, 0.15) is 0 Å². The smallest absolute Gasteiger partial charge is 0.0724 e. The highest BCUT2D eigenvalue weighted by Crippen LogP contribution is 2.66. The average molecular weight is 411 g/mol. The number of hydrogen-bond acceptors (Lipinski definition) is 1. The molecule has 8 atom stereocenters. The molecule has 0 aromatic carbocycles. The van der Waals surface area contributed by atoms with E-state index in [0.29, 0.717) is 16.7 Å².